The lowest BCUT2D eigenvalue weighted by Gasteiger charge is -2.05. The Morgan fingerprint density at radius 1 is 1.19 bits per heavy atom. The molecule has 3 rings (SSSR count). The third-order valence-electron chi connectivity index (χ3n) is 2.79. The van der Waals surface area contributed by atoms with Crippen LogP contribution >= 0.6 is 22.9 Å². The van der Waals surface area contributed by atoms with E-state index in [0.29, 0.717) is 15.7 Å². The maximum Gasteiger partial charge on any atom is 0.188 e. The molecule has 0 radical (unpaired) electrons. The van der Waals surface area contributed by atoms with Gasteiger partial charge in [0.05, 0.1) is 21.5 Å². The van der Waals surface area contributed by atoms with E-state index in [1.165, 1.54) is 23.5 Å². The molecule has 1 N–H and O–H groups in total. The number of fused-ring (bicyclic) bond motifs is 1. The van der Waals surface area contributed by atoms with Crippen LogP contribution in [-0.2, 0) is 0 Å². The molecule has 104 valence electrons. The van der Waals surface area contributed by atoms with E-state index in [4.69, 9.17) is 16.9 Å². The zero-order chi connectivity index (χ0) is 15.0. The average molecular weight is 322 g/mol. The minimum atomic E-state index is -1.17. The Balaban J connectivity index is 1.99. The molecule has 0 aliphatic heterocycles. The van der Waals surface area contributed by atoms with Gasteiger partial charge < -0.3 is 5.32 Å². The molecular formula is C14H6ClF2N3S. The van der Waals surface area contributed by atoms with Crippen LogP contribution in [0.25, 0.3) is 10.2 Å². The predicted molar refractivity (Wildman–Crippen MR) is 79.0 cm³/mol. The monoisotopic (exact) mass is 321 g/mol. The maximum absolute atomic E-state index is 13.8. The van der Waals surface area contributed by atoms with Gasteiger partial charge in [-0.2, -0.15) is 5.26 Å². The van der Waals surface area contributed by atoms with E-state index < -0.39 is 11.6 Å². The molecule has 1 aromatic heterocycles. The molecule has 0 spiro atoms. The second-order valence-corrected chi connectivity index (χ2v) is 5.62. The van der Waals surface area contributed by atoms with E-state index in [9.17, 15) is 8.78 Å². The van der Waals surface area contributed by atoms with Gasteiger partial charge in [-0.1, -0.05) is 22.9 Å². The van der Waals surface area contributed by atoms with Crippen molar-refractivity contribution in [3.8, 4) is 6.07 Å². The molecule has 0 saturated carbocycles. The highest BCUT2D eigenvalue weighted by atomic mass is 35.5. The molecule has 3 aromatic rings. The van der Waals surface area contributed by atoms with Crippen LogP contribution in [0.4, 0.5) is 19.6 Å². The van der Waals surface area contributed by atoms with Crippen LogP contribution in [0.5, 0.6) is 0 Å². The van der Waals surface area contributed by atoms with E-state index in [2.05, 4.69) is 10.3 Å². The van der Waals surface area contributed by atoms with Gasteiger partial charge in [0, 0.05) is 5.02 Å². The number of nitriles is 1. The molecule has 0 unspecified atom stereocenters. The molecule has 0 fully saturated rings. The zero-order valence-electron chi connectivity index (χ0n) is 10.3. The van der Waals surface area contributed by atoms with E-state index in [1.807, 2.05) is 0 Å². The van der Waals surface area contributed by atoms with Crippen LogP contribution in [0, 0.1) is 23.0 Å². The summed E-state index contributed by atoms with van der Waals surface area (Å²) in [6, 6.07) is 9.29. The molecule has 7 heteroatoms. The topological polar surface area (TPSA) is 48.7 Å². The van der Waals surface area contributed by atoms with Crippen LogP contribution in [0.2, 0.25) is 5.02 Å². The van der Waals surface area contributed by atoms with Crippen molar-refractivity contribution < 1.29 is 8.78 Å². The van der Waals surface area contributed by atoms with Crippen molar-refractivity contribution in [1.29, 1.82) is 5.26 Å². The number of nitrogens with one attached hydrogen (secondary N) is 1. The van der Waals surface area contributed by atoms with Gasteiger partial charge in [0.15, 0.2) is 16.8 Å². The highest BCUT2D eigenvalue weighted by Gasteiger charge is 2.14. The Morgan fingerprint density at radius 2 is 2.00 bits per heavy atom. The van der Waals surface area contributed by atoms with E-state index >= 15 is 0 Å². The zero-order valence-corrected chi connectivity index (χ0v) is 11.9. The van der Waals surface area contributed by atoms with Crippen molar-refractivity contribution in [2.75, 3.05) is 5.32 Å². The number of rotatable bonds is 2. The molecule has 21 heavy (non-hydrogen) atoms. The van der Waals surface area contributed by atoms with Crippen molar-refractivity contribution in [3.63, 3.8) is 0 Å². The molecule has 0 amide bonds. The van der Waals surface area contributed by atoms with Crippen molar-refractivity contribution in [2.45, 2.75) is 0 Å². The molecule has 1 heterocycles. The number of thiazole rings is 1. The standard InChI is InChI=1S/C14H6ClF2N3S/c15-8-2-4-9-11(5-8)21-14(19-9)20-10-3-1-7(6-18)12(16)13(10)17/h1-5H,(H,19,20). The van der Waals surface area contributed by atoms with Crippen molar-refractivity contribution in [2.24, 2.45) is 0 Å². The Kier molecular flexibility index (Phi) is 3.45. The number of hydrogen-bond donors (Lipinski definition) is 1. The molecule has 0 atom stereocenters. The Labute approximate surface area is 127 Å². The molecule has 0 aliphatic carbocycles. The highest BCUT2D eigenvalue weighted by molar-refractivity contribution is 7.22. The second kappa shape index (κ2) is 5.28. The van der Waals surface area contributed by atoms with Crippen LogP contribution in [0.15, 0.2) is 30.3 Å². The van der Waals surface area contributed by atoms with Crippen LogP contribution < -0.4 is 5.32 Å². The Bertz CT molecular complexity index is 886. The molecule has 3 nitrogen and oxygen atoms in total. The SMILES string of the molecule is N#Cc1ccc(Nc2nc3ccc(Cl)cc3s2)c(F)c1F. The number of anilines is 2. The largest absolute Gasteiger partial charge is 0.329 e. The minimum absolute atomic E-state index is 0.0725. The van der Waals surface area contributed by atoms with Gasteiger partial charge in [0.2, 0.25) is 0 Å². The summed E-state index contributed by atoms with van der Waals surface area (Å²) in [6.45, 7) is 0. The van der Waals surface area contributed by atoms with Gasteiger partial charge in [-0.05, 0) is 30.3 Å². The average Bonchev–Trinajstić information content (AvgIpc) is 2.85. The number of halogens is 3. The lowest BCUT2D eigenvalue weighted by atomic mass is 10.2. The molecule has 0 saturated heterocycles. The van der Waals surface area contributed by atoms with Gasteiger partial charge in [-0.3, -0.25) is 0 Å². The van der Waals surface area contributed by atoms with E-state index in [-0.39, 0.29) is 11.3 Å². The van der Waals surface area contributed by atoms with Gasteiger partial charge in [-0.25, -0.2) is 13.8 Å². The summed E-state index contributed by atoms with van der Waals surface area (Å²) in [7, 11) is 0. The van der Waals surface area contributed by atoms with Crippen molar-refractivity contribution in [3.05, 3.63) is 52.6 Å². The predicted octanol–water partition coefficient (Wildman–Crippen LogP) is 4.84. The first-order chi connectivity index (χ1) is 10.1. The van der Waals surface area contributed by atoms with Crippen molar-refractivity contribution >= 4 is 44.0 Å². The van der Waals surface area contributed by atoms with Gasteiger partial charge in [0.1, 0.15) is 6.07 Å². The second-order valence-electron chi connectivity index (χ2n) is 4.16. The summed E-state index contributed by atoms with van der Waals surface area (Å²) < 4.78 is 28.2. The lowest BCUT2D eigenvalue weighted by Crippen LogP contribution is -1.98. The van der Waals surface area contributed by atoms with Crippen molar-refractivity contribution in [1.82, 2.24) is 4.98 Å². The third kappa shape index (κ3) is 2.53. The first kappa shape index (κ1) is 13.7. The number of hydrogen-bond acceptors (Lipinski definition) is 4. The van der Waals surface area contributed by atoms with E-state index in [1.54, 1.807) is 24.3 Å². The molecule has 0 bridgehead atoms. The highest BCUT2D eigenvalue weighted by Crippen LogP contribution is 2.31. The Hall–Kier alpha value is -2.23. The fraction of sp³-hybridized carbons (Fsp3) is 0. The third-order valence-corrected chi connectivity index (χ3v) is 3.96. The summed E-state index contributed by atoms with van der Waals surface area (Å²) in [5.74, 6) is -2.28. The normalized spacial score (nSPS) is 10.6. The number of nitrogens with zero attached hydrogens (tertiary/aromatic N) is 2. The van der Waals surface area contributed by atoms with E-state index in [0.717, 1.165) is 4.70 Å². The van der Waals surface area contributed by atoms with Gasteiger partial charge in [-0.15, -0.1) is 0 Å². The fourth-order valence-electron chi connectivity index (χ4n) is 1.80. The quantitative estimate of drug-likeness (QED) is 0.734. The summed E-state index contributed by atoms with van der Waals surface area (Å²) in [4.78, 5) is 4.26. The van der Waals surface area contributed by atoms with Crippen LogP contribution in [0.1, 0.15) is 5.56 Å². The summed E-state index contributed by atoms with van der Waals surface area (Å²) in [5.41, 5.74) is 0.298. The fourth-order valence-corrected chi connectivity index (χ4v) is 2.95. The first-order valence-corrected chi connectivity index (χ1v) is 6.99. The first-order valence-electron chi connectivity index (χ1n) is 5.79. The summed E-state index contributed by atoms with van der Waals surface area (Å²) in [6.07, 6.45) is 0. The molecule has 0 aliphatic rings. The van der Waals surface area contributed by atoms with Crippen LogP contribution in [0.3, 0.4) is 0 Å². The van der Waals surface area contributed by atoms with Gasteiger partial charge in [0.25, 0.3) is 0 Å². The molecular weight excluding hydrogens is 316 g/mol. The maximum atomic E-state index is 13.8. The summed E-state index contributed by atoms with van der Waals surface area (Å²) in [5, 5.41) is 12.3. The van der Waals surface area contributed by atoms with Crippen LogP contribution in [-0.4, -0.2) is 4.98 Å². The minimum Gasteiger partial charge on any atom is -0.329 e. The summed E-state index contributed by atoms with van der Waals surface area (Å²) >= 11 is 7.16. The number of benzene rings is 2. The lowest BCUT2D eigenvalue weighted by molar-refractivity contribution is 0.509. The Morgan fingerprint density at radius 3 is 2.76 bits per heavy atom. The smallest absolute Gasteiger partial charge is 0.188 e. The number of aromatic nitrogens is 1. The molecule has 2 aromatic carbocycles. The van der Waals surface area contributed by atoms with Gasteiger partial charge >= 0.3 is 0 Å².